The number of aliphatic carboxylic acids is 1. The number of carbonyl (C=O) groups is 1. The van der Waals surface area contributed by atoms with E-state index in [2.05, 4.69) is 19.1 Å². The zero-order valence-corrected chi connectivity index (χ0v) is 15.3. The maximum atomic E-state index is 10.4. The normalized spacial score (nSPS) is 25.2. The number of ether oxygens (including phenoxy) is 1. The fourth-order valence-electron chi connectivity index (χ4n) is 2.96. The zero-order valence-electron chi connectivity index (χ0n) is 15.3. The van der Waals surface area contributed by atoms with Gasteiger partial charge in [0.1, 0.15) is 0 Å². The Balaban J connectivity index is 2.22. The van der Waals surface area contributed by atoms with Gasteiger partial charge in [0, 0.05) is 12.8 Å². The van der Waals surface area contributed by atoms with Crippen molar-refractivity contribution in [3.05, 3.63) is 24.3 Å². The number of hydrogen-bond donors (Lipinski definition) is 3. The molecule has 0 spiro atoms. The first-order valence-corrected chi connectivity index (χ1v) is 9.58. The summed E-state index contributed by atoms with van der Waals surface area (Å²) in [5.41, 5.74) is 0. The van der Waals surface area contributed by atoms with E-state index < -0.39 is 18.2 Å². The lowest BCUT2D eigenvalue weighted by Crippen LogP contribution is -2.25. The van der Waals surface area contributed by atoms with Crippen LogP contribution in [0.1, 0.15) is 71.1 Å². The molecule has 0 unspecified atom stereocenters. The summed E-state index contributed by atoms with van der Waals surface area (Å²) in [5.74, 6) is -0.785. The van der Waals surface area contributed by atoms with Gasteiger partial charge >= 0.3 is 5.97 Å². The van der Waals surface area contributed by atoms with Crippen LogP contribution in [0.2, 0.25) is 0 Å². The van der Waals surface area contributed by atoms with E-state index in [1.807, 2.05) is 12.2 Å². The number of allylic oxidation sites excluding steroid dienone is 2. The van der Waals surface area contributed by atoms with Gasteiger partial charge in [0.2, 0.25) is 0 Å². The number of rotatable bonds is 13. The quantitative estimate of drug-likeness (QED) is 0.347. The van der Waals surface area contributed by atoms with Gasteiger partial charge in [-0.15, -0.1) is 0 Å². The maximum absolute atomic E-state index is 10.4. The van der Waals surface area contributed by atoms with Gasteiger partial charge in [0.15, 0.2) is 0 Å². The molecule has 1 saturated heterocycles. The summed E-state index contributed by atoms with van der Waals surface area (Å²) >= 11 is 0. The Kier molecular flexibility index (Phi) is 11.5. The van der Waals surface area contributed by atoms with E-state index in [0.717, 1.165) is 6.42 Å². The third kappa shape index (κ3) is 9.78. The minimum atomic E-state index is -0.785. The molecule has 1 aliphatic rings. The molecule has 5 nitrogen and oxygen atoms in total. The molecule has 0 aliphatic carbocycles. The Morgan fingerprint density at radius 1 is 1.16 bits per heavy atom. The number of carboxylic acid groups (broad SMARTS) is 1. The van der Waals surface area contributed by atoms with Crippen LogP contribution >= 0.6 is 0 Å². The van der Waals surface area contributed by atoms with Crippen LogP contribution in [-0.4, -0.2) is 45.7 Å². The highest BCUT2D eigenvalue weighted by Gasteiger charge is 2.36. The lowest BCUT2D eigenvalue weighted by Gasteiger charge is -2.17. The number of hydrogen-bond acceptors (Lipinski definition) is 4. The molecule has 0 bridgehead atoms. The monoisotopic (exact) mass is 354 g/mol. The largest absolute Gasteiger partial charge is 0.481 e. The highest BCUT2D eigenvalue weighted by atomic mass is 16.5. The molecule has 0 radical (unpaired) electrons. The summed E-state index contributed by atoms with van der Waals surface area (Å²) in [4.78, 5) is 10.4. The Hall–Kier alpha value is -1.17. The lowest BCUT2D eigenvalue weighted by atomic mass is 10.0. The molecule has 0 amide bonds. The van der Waals surface area contributed by atoms with E-state index in [1.54, 1.807) is 0 Å². The fraction of sp³-hybridized carbons (Fsp3) is 0.750. The molecule has 3 N–H and O–H groups in total. The molecular formula is C20H34O5. The van der Waals surface area contributed by atoms with Crippen LogP contribution in [0.15, 0.2) is 24.3 Å². The molecule has 25 heavy (non-hydrogen) atoms. The van der Waals surface area contributed by atoms with E-state index in [9.17, 15) is 15.0 Å². The van der Waals surface area contributed by atoms with Gasteiger partial charge < -0.3 is 20.1 Å². The molecule has 0 aromatic heterocycles. The minimum absolute atomic E-state index is 0.165. The maximum Gasteiger partial charge on any atom is 0.303 e. The van der Waals surface area contributed by atoms with Gasteiger partial charge in [0.05, 0.1) is 24.4 Å². The first kappa shape index (κ1) is 21.9. The van der Waals surface area contributed by atoms with Gasteiger partial charge in [-0.3, -0.25) is 4.79 Å². The third-order valence-corrected chi connectivity index (χ3v) is 4.50. The average molecular weight is 354 g/mol. The van der Waals surface area contributed by atoms with Crippen LogP contribution < -0.4 is 0 Å². The highest BCUT2D eigenvalue weighted by Crippen LogP contribution is 2.26. The van der Waals surface area contributed by atoms with Crippen molar-refractivity contribution in [2.45, 2.75) is 95.5 Å². The average Bonchev–Trinajstić information content (AvgIpc) is 2.94. The first-order chi connectivity index (χ1) is 12.0. The molecule has 0 aromatic rings. The van der Waals surface area contributed by atoms with Crippen molar-refractivity contribution in [3.8, 4) is 0 Å². The number of aliphatic hydroxyl groups is 2. The second-order valence-electron chi connectivity index (χ2n) is 6.78. The van der Waals surface area contributed by atoms with Crippen molar-refractivity contribution in [3.63, 3.8) is 0 Å². The highest BCUT2D eigenvalue weighted by molar-refractivity contribution is 5.66. The first-order valence-electron chi connectivity index (χ1n) is 9.58. The van der Waals surface area contributed by atoms with Gasteiger partial charge in [-0.2, -0.15) is 0 Å². The van der Waals surface area contributed by atoms with Crippen molar-refractivity contribution in [1.29, 1.82) is 0 Å². The van der Waals surface area contributed by atoms with Crippen molar-refractivity contribution >= 4 is 5.97 Å². The third-order valence-electron chi connectivity index (χ3n) is 4.50. The molecule has 0 saturated carbocycles. The number of aliphatic hydroxyl groups excluding tert-OH is 2. The van der Waals surface area contributed by atoms with Crippen molar-refractivity contribution < 1.29 is 24.9 Å². The van der Waals surface area contributed by atoms with E-state index in [0.29, 0.717) is 32.1 Å². The molecule has 1 fully saturated rings. The van der Waals surface area contributed by atoms with E-state index in [-0.39, 0.29) is 18.6 Å². The van der Waals surface area contributed by atoms with Crippen LogP contribution in [0.4, 0.5) is 0 Å². The summed E-state index contributed by atoms with van der Waals surface area (Å²) in [6.45, 7) is 2.18. The molecule has 1 heterocycles. The Labute approximate surface area is 151 Å². The van der Waals surface area contributed by atoms with Gasteiger partial charge in [0.25, 0.3) is 0 Å². The van der Waals surface area contributed by atoms with Gasteiger partial charge in [-0.05, 0) is 38.5 Å². The predicted molar refractivity (Wildman–Crippen MR) is 98.4 cm³/mol. The molecule has 1 aliphatic heterocycles. The van der Waals surface area contributed by atoms with Crippen LogP contribution in [0, 0.1) is 0 Å². The number of unbranched alkanes of at least 4 members (excludes halogenated alkanes) is 4. The molecule has 5 heteroatoms. The summed E-state index contributed by atoms with van der Waals surface area (Å²) in [7, 11) is 0. The summed E-state index contributed by atoms with van der Waals surface area (Å²) < 4.78 is 5.81. The minimum Gasteiger partial charge on any atom is -0.481 e. The Bertz CT molecular complexity index is 418. The van der Waals surface area contributed by atoms with Gasteiger partial charge in [-0.1, -0.05) is 44.1 Å². The van der Waals surface area contributed by atoms with E-state index in [1.165, 1.54) is 19.3 Å². The van der Waals surface area contributed by atoms with E-state index in [4.69, 9.17) is 9.84 Å². The molecular weight excluding hydrogens is 320 g/mol. The van der Waals surface area contributed by atoms with E-state index >= 15 is 0 Å². The fourth-order valence-corrected chi connectivity index (χ4v) is 2.96. The predicted octanol–water partition coefficient (Wildman–Crippen LogP) is 3.59. The van der Waals surface area contributed by atoms with Crippen LogP contribution in [0.25, 0.3) is 0 Å². The molecule has 4 atom stereocenters. The molecule has 1 rings (SSSR count). The second kappa shape index (κ2) is 13.1. The van der Waals surface area contributed by atoms with Crippen molar-refractivity contribution in [2.24, 2.45) is 0 Å². The van der Waals surface area contributed by atoms with Crippen LogP contribution in [0.3, 0.4) is 0 Å². The summed E-state index contributed by atoms with van der Waals surface area (Å²) in [6, 6.07) is 0. The van der Waals surface area contributed by atoms with Gasteiger partial charge in [-0.25, -0.2) is 0 Å². The topological polar surface area (TPSA) is 87.0 Å². The molecule has 144 valence electrons. The standard InChI is InChI=1S/C20H34O5/c1-2-3-4-5-6-10-13-18-17(22)15-19(25-18)16(21)12-9-7-8-11-14-20(23)24/h6-7,9-10,16-19,21-22H,2-5,8,11-15H2,1H3,(H,23,24)/b9-7-,10-6-/t16-,17-,18-,19+/m1/s1. The van der Waals surface area contributed by atoms with Crippen molar-refractivity contribution in [1.82, 2.24) is 0 Å². The summed E-state index contributed by atoms with van der Waals surface area (Å²) in [6.07, 6.45) is 14.0. The Morgan fingerprint density at radius 2 is 1.88 bits per heavy atom. The van der Waals surface area contributed by atoms with Crippen LogP contribution in [0.5, 0.6) is 0 Å². The number of carboxylic acids is 1. The lowest BCUT2D eigenvalue weighted by molar-refractivity contribution is -0.137. The summed E-state index contributed by atoms with van der Waals surface area (Å²) in [5, 5.41) is 28.9. The zero-order chi connectivity index (χ0) is 18.5. The second-order valence-corrected chi connectivity index (χ2v) is 6.78. The van der Waals surface area contributed by atoms with Crippen molar-refractivity contribution in [2.75, 3.05) is 0 Å². The van der Waals surface area contributed by atoms with Crippen LogP contribution in [-0.2, 0) is 9.53 Å². The SMILES string of the molecule is CCCCC/C=C\C[C@H]1O[C@H]([C@H](O)C/C=C\CCCC(=O)O)C[C@H]1O. The Morgan fingerprint density at radius 3 is 2.60 bits per heavy atom. The molecule has 0 aromatic carbocycles. The smallest absolute Gasteiger partial charge is 0.303 e.